The van der Waals surface area contributed by atoms with Gasteiger partial charge in [0.15, 0.2) is 0 Å². The van der Waals surface area contributed by atoms with Gasteiger partial charge in [-0.1, -0.05) is 41.5 Å². The lowest BCUT2D eigenvalue weighted by molar-refractivity contribution is 0.0805. The largest absolute Gasteiger partial charge is 0.400 e. The summed E-state index contributed by atoms with van der Waals surface area (Å²) in [6, 6.07) is 0. The normalized spacial score (nSPS) is 18.8. The van der Waals surface area contributed by atoms with E-state index in [2.05, 4.69) is 20.8 Å². The summed E-state index contributed by atoms with van der Waals surface area (Å²) in [6.45, 7) is 12.0. The van der Waals surface area contributed by atoms with Gasteiger partial charge in [0.2, 0.25) is 0 Å². The van der Waals surface area contributed by atoms with Crippen molar-refractivity contribution in [3.8, 4) is 0 Å². The van der Waals surface area contributed by atoms with Crippen LogP contribution in [0, 0.1) is 16.7 Å². The molecule has 0 saturated heterocycles. The highest BCUT2D eigenvalue weighted by atomic mass is 16.3. The highest BCUT2D eigenvalue weighted by molar-refractivity contribution is 5.10. The minimum absolute atomic E-state index is 0.0351. The van der Waals surface area contributed by atoms with E-state index in [-0.39, 0.29) is 23.4 Å². The molecule has 0 amide bonds. The Morgan fingerprint density at radius 1 is 1.10 bits per heavy atom. The average Bonchev–Trinajstić information content (AvgIpc) is 2.24. The number of nitrogens with two attached hydrogens (primary N) is 1. The number of hydrogen-bond donors (Lipinski definition) is 4. The van der Waals surface area contributed by atoms with Crippen LogP contribution in [0.4, 0.5) is 0 Å². The Hall–Kier alpha value is -0.580. The lowest BCUT2D eigenvalue weighted by atomic mass is 9.80. The molecule has 0 saturated carbocycles. The molecule has 0 heterocycles. The SMILES string of the molecule is CC(C)(C)CC(CCO)C(O)/C=C(/N)C(O)C(C)(C)C. The van der Waals surface area contributed by atoms with Crippen LogP contribution in [-0.2, 0) is 0 Å². The number of aliphatic hydroxyl groups excluding tert-OH is 3. The number of hydrogen-bond acceptors (Lipinski definition) is 4. The Morgan fingerprint density at radius 3 is 1.95 bits per heavy atom. The first-order chi connectivity index (χ1) is 8.88. The molecule has 0 fully saturated rings. The van der Waals surface area contributed by atoms with Crippen molar-refractivity contribution in [1.82, 2.24) is 0 Å². The predicted octanol–water partition coefficient (Wildman–Crippen LogP) is 2.03. The number of aliphatic hydroxyl groups is 3. The molecule has 5 N–H and O–H groups in total. The molecule has 0 aliphatic heterocycles. The quantitative estimate of drug-likeness (QED) is 0.602. The van der Waals surface area contributed by atoms with Crippen molar-refractivity contribution >= 4 is 0 Å². The van der Waals surface area contributed by atoms with Crippen LogP contribution in [0.2, 0.25) is 0 Å². The first-order valence-electron chi connectivity index (χ1n) is 7.32. The van der Waals surface area contributed by atoms with Crippen molar-refractivity contribution in [2.45, 2.75) is 66.6 Å². The van der Waals surface area contributed by atoms with Gasteiger partial charge in [-0.05, 0) is 35.7 Å². The third kappa shape index (κ3) is 7.27. The first-order valence-corrected chi connectivity index (χ1v) is 7.32. The Bertz CT molecular complexity index is 313. The molecule has 0 aromatic carbocycles. The molecule has 4 nitrogen and oxygen atoms in total. The van der Waals surface area contributed by atoms with E-state index in [9.17, 15) is 10.2 Å². The van der Waals surface area contributed by atoms with E-state index in [4.69, 9.17) is 10.8 Å². The second-order valence-corrected chi connectivity index (χ2v) is 7.96. The van der Waals surface area contributed by atoms with Crippen LogP contribution in [0.15, 0.2) is 11.8 Å². The monoisotopic (exact) mass is 287 g/mol. The molecule has 120 valence electrons. The van der Waals surface area contributed by atoms with E-state index in [0.717, 1.165) is 6.42 Å². The topological polar surface area (TPSA) is 86.7 Å². The first kappa shape index (κ1) is 19.4. The molecule has 4 heteroatoms. The van der Waals surface area contributed by atoms with Gasteiger partial charge in [0.05, 0.1) is 12.2 Å². The van der Waals surface area contributed by atoms with Gasteiger partial charge < -0.3 is 21.1 Å². The lowest BCUT2D eigenvalue weighted by Gasteiger charge is -2.30. The van der Waals surface area contributed by atoms with Gasteiger partial charge in [-0.3, -0.25) is 0 Å². The molecule has 0 rings (SSSR count). The fourth-order valence-electron chi connectivity index (χ4n) is 2.27. The number of rotatable bonds is 6. The second-order valence-electron chi connectivity index (χ2n) is 7.96. The van der Waals surface area contributed by atoms with Crippen LogP contribution in [0.5, 0.6) is 0 Å². The molecule has 0 aliphatic carbocycles. The molecule has 0 spiro atoms. The third-order valence-corrected chi connectivity index (χ3v) is 3.36. The molecule has 3 unspecified atom stereocenters. The summed E-state index contributed by atoms with van der Waals surface area (Å²) in [5.74, 6) is -0.0641. The van der Waals surface area contributed by atoms with Crippen molar-refractivity contribution in [1.29, 1.82) is 0 Å². The van der Waals surface area contributed by atoms with E-state index in [1.165, 1.54) is 6.08 Å². The summed E-state index contributed by atoms with van der Waals surface area (Å²) in [5.41, 5.74) is 5.88. The lowest BCUT2D eigenvalue weighted by Crippen LogP contribution is -2.33. The summed E-state index contributed by atoms with van der Waals surface area (Å²) in [5, 5.41) is 29.5. The maximum absolute atomic E-state index is 10.3. The van der Waals surface area contributed by atoms with Gasteiger partial charge in [-0.2, -0.15) is 0 Å². The molecular weight excluding hydrogens is 254 g/mol. The molecule has 20 heavy (non-hydrogen) atoms. The maximum Gasteiger partial charge on any atom is 0.0978 e. The van der Waals surface area contributed by atoms with Crippen LogP contribution in [-0.4, -0.2) is 34.1 Å². The summed E-state index contributed by atoms with van der Waals surface area (Å²) < 4.78 is 0. The van der Waals surface area contributed by atoms with Crippen LogP contribution in [0.25, 0.3) is 0 Å². The Morgan fingerprint density at radius 2 is 1.60 bits per heavy atom. The van der Waals surface area contributed by atoms with E-state index in [1.54, 1.807) is 0 Å². The summed E-state index contributed by atoms with van der Waals surface area (Å²) >= 11 is 0. The fourth-order valence-corrected chi connectivity index (χ4v) is 2.27. The maximum atomic E-state index is 10.3. The van der Waals surface area contributed by atoms with Crippen LogP contribution in [0.3, 0.4) is 0 Å². The smallest absolute Gasteiger partial charge is 0.0978 e. The Balaban J connectivity index is 4.94. The van der Waals surface area contributed by atoms with Crippen LogP contribution < -0.4 is 5.73 Å². The average molecular weight is 287 g/mol. The Kier molecular flexibility index (Phi) is 7.22. The van der Waals surface area contributed by atoms with Gasteiger partial charge >= 0.3 is 0 Å². The molecule has 0 bridgehead atoms. The summed E-state index contributed by atoms with van der Waals surface area (Å²) in [6.07, 6.45) is 1.29. The predicted molar refractivity (Wildman–Crippen MR) is 83.0 cm³/mol. The van der Waals surface area contributed by atoms with Crippen LogP contribution in [0.1, 0.15) is 54.4 Å². The zero-order chi connectivity index (χ0) is 16.1. The molecule has 0 aromatic rings. The zero-order valence-corrected chi connectivity index (χ0v) is 13.8. The van der Waals surface area contributed by atoms with E-state index in [1.807, 2.05) is 20.8 Å². The zero-order valence-electron chi connectivity index (χ0n) is 13.8. The van der Waals surface area contributed by atoms with Crippen molar-refractivity contribution in [2.24, 2.45) is 22.5 Å². The highest BCUT2D eigenvalue weighted by Gasteiger charge is 2.27. The fraction of sp³-hybridized carbons (Fsp3) is 0.875. The van der Waals surface area contributed by atoms with Crippen molar-refractivity contribution in [3.63, 3.8) is 0 Å². The molecule has 3 atom stereocenters. The standard InChI is InChI=1S/C16H33NO3/c1-15(2,3)10-11(7-8-18)13(19)9-12(17)14(20)16(4,5)6/h9,11,13-14,18-20H,7-8,10,17H2,1-6H3/b12-9+. The van der Waals surface area contributed by atoms with Gasteiger partial charge in [-0.25, -0.2) is 0 Å². The Labute approximate surface area is 123 Å². The van der Waals surface area contributed by atoms with Crippen molar-refractivity contribution in [3.05, 3.63) is 11.8 Å². The van der Waals surface area contributed by atoms with E-state index < -0.39 is 12.2 Å². The third-order valence-electron chi connectivity index (χ3n) is 3.36. The van der Waals surface area contributed by atoms with Crippen molar-refractivity contribution < 1.29 is 15.3 Å². The van der Waals surface area contributed by atoms with Crippen molar-refractivity contribution in [2.75, 3.05) is 6.61 Å². The van der Waals surface area contributed by atoms with E-state index in [0.29, 0.717) is 12.1 Å². The van der Waals surface area contributed by atoms with E-state index >= 15 is 0 Å². The van der Waals surface area contributed by atoms with Crippen LogP contribution >= 0.6 is 0 Å². The van der Waals surface area contributed by atoms with Gasteiger partial charge in [0.1, 0.15) is 0 Å². The van der Waals surface area contributed by atoms with Gasteiger partial charge in [0.25, 0.3) is 0 Å². The molecular formula is C16H33NO3. The molecule has 0 aliphatic rings. The highest BCUT2D eigenvalue weighted by Crippen LogP contribution is 2.30. The van der Waals surface area contributed by atoms with Gasteiger partial charge in [-0.15, -0.1) is 0 Å². The summed E-state index contributed by atoms with van der Waals surface area (Å²) in [7, 11) is 0. The minimum atomic E-state index is -0.790. The second kappa shape index (κ2) is 7.43. The molecule has 0 radical (unpaired) electrons. The minimum Gasteiger partial charge on any atom is -0.400 e. The summed E-state index contributed by atoms with van der Waals surface area (Å²) in [4.78, 5) is 0. The molecule has 0 aromatic heterocycles. The van der Waals surface area contributed by atoms with Gasteiger partial charge in [0, 0.05) is 12.3 Å².